The van der Waals surface area contributed by atoms with Crippen LogP contribution in [0.1, 0.15) is 78.5 Å². The normalized spacial score (nSPS) is 19.1. The number of pyridine rings is 1. The van der Waals surface area contributed by atoms with Gasteiger partial charge in [0.1, 0.15) is 41.4 Å². The van der Waals surface area contributed by atoms with Gasteiger partial charge >= 0.3 is 0 Å². The number of imidazole rings is 1. The van der Waals surface area contributed by atoms with Crippen LogP contribution in [0.3, 0.4) is 0 Å². The molecule has 1 aromatic carbocycles. The Hall–Kier alpha value is -5.53. The van der Waals surface area contributed by atoms with E-state index in [0.29, 0.717) is 86.6 Å². The summed E-state index contributed by atoms with van der Waals surface area (Å²) in [6.07, 6.45) is 7.48. The van der Waals surface area contributed by atoms with E-state index in [0.717, 1.165) is 93.4 Å². The number of hydrogen-bond acceptors (Lipinski definition) is 15. The van der Waals surface area contributed by atoms with E-state index in [1.165, 1.54) is 0 Å². The van der Waals surface area contributed by atoms with Gasteiger partial charge in [0.25, 0.3) is 11.8 Å². The van der Waals surface area contributed by atoms with Crippen molar-refractivity contribution in [2.45, 2.75) is 70.7 Å². The first-order chi connectivity index (χ1) is 30.6. The number of fused-ring (bicyclic) bond motifs is 2. The Bertz CT molecular complexity index is 2270. The number of carbonyl (C=O) groups is 3. The Labute approximate surface area is 367 Å². The van der Waals surface area contributed by atoms with Crippen LogP contribution in [0.5, 0.6) is 5.75 Å². The van der Waals surface area contributed by atoms with E-state index in [9.17, 15) is 14.4 Å². The Kier molecular flexibility index (Phi) is 14.2. The fourth-order valence-corrected chi connectivity index (χ4v) is 8.70. The third-order valence-electron chi connectivity index (χ3n) is 12.2. The van der Waals surface area contributed by atoms with E-state index < -0.39 is 17.9 Å². The van der Waals surface area contributed by atoms with Crippen molar-refractivity contribution in [2.24, 2.45) is 0 Å². The zero-order chi connectivity index (χ0) is 43.9. The number of ether oxygens (including phenoxy) is 4. The fraction of sp³-hybridized carbons (Fsp3) is 0.533. The lowest BCUT2D eigenvalue weighted by molar-refractivity contribution is -0.125. The largest absolute Gasteiger partial charge is 0.494 e. The van der Waals surface area contributed by atoms with Crippen molar-refractivity contribution in [2.75, 3.05) is 96.1 Å². The predicted octanol–water partition coefficient (Wildman–Crippen LogP) is 4.17. The van der Waals surface area contributed by atoms with E-state index in [1.54, 1.807) is 37.7 Å². The summed E-state index contributed by atoms with van der Waals surface area (Å²) in [6.45, 7) is 17.9. The molecule has 18 nitrogen and oxygen atoms in total. The van der Waals surface area contributed by atoms with Gasteiger partial charge in [-0.25, -0.2) is 15.0 Å². The number of imide groups is 1. The lowest BCUT2D eigenvalue weighted by Crippen LogP contribution is -2.51. The van der Waals surface area contributed by atoms with Gasteiger partial charge in [-0.2, -0.15) is 4.98 Å². The van der Waals surface area contributed by atoms with Gasteiger partial charge in [-0.3, -0.25) is 24.2 Å². The number of hydrogen-bond donors (Lipinski definition) is 2. The van der Waals surface area contributed by atoms with Gasteiger partial charge in [0.05, 0.1) is 55.4 Å². The molecule has 336 valence electrons. The van der Waals surface area contributed by atoms with Crippen LogP contribution in [0.15, 0.2) is 55.0 Å². The highest BCUT2D eigenvalue weighted by Crippen LogP contribution is 2.31. The van der Waals surface area contributed by atoms with Gasteiger partial charge in [-0.05, 0) is 70.2 Å². The second-order valence-corrected chi connectivity index (χ2v) is 16.7. The molecule has 63 heavy (non-hydrogen) atoms. The third kappa shape index (κ3) is 10.5. The molecule has 7 heterocycles. The minimum absolute atomic E-state index is 0.167. The van der Waals surface area contributed by atoms with Crippen molar-refractivity contribution >= 4 is 46.3 Å². The molecular weight excluding hydrogens is 807 g/mol. The number of allylic oxidation sites excluding steroid dienone is 1. The first-order valence-corrected chi connectivity index (χ1v) is 22.1. The summed E-state index contributed by atoms with van der Waals surface area (Å²) in [5.74, 6) is 2.16. The number of piperidine rings is 2. The molecule has 4 aliphatic heterocycles. The first kappa shape index (κ1) is 44.1. The van der Waals surface area contributed by atoms with Gasteiger partial charge in [-0.1, -0.05) is 6.58 Å². The number of piperazine rings is 1. The monoisotopic (exact) mass is 865 g/mol. The second kappa shape index (κ2) is 20.3. The van der Waals surface area contributed by atoms with Crippen LogP contribution < -0.4 is 20.3 Å². The van der Waals surface area contributed by atoms with E-state index >= 15 is 0 Å². The second-order valence-electron chi connectivity index (χ2n) is 16.7. The minimum atomic E-state index is -0.833. The van der Waals surface area contributed by atoms with Gasteiger partial charge in [-0.15, -0.1) is 0 Å². The van der Waals surface area contributed by atoms with Crippen LogP contribution in [0.4, 0.5) is 17.6 Å². The molecule has 8 rings (SSSR count). The SMILES string of the molecule is C=C1CCC(N2C(=O)c3ccc(OCCCN4CCN(CCOCCOCc5nc6cnc(Nc7ccnc(N8CCC(OC)CC8)n7)cc6n5C(C)C)CC4)cc3C2=O)C(=O)N1. The highest BCUT2D eigenvalue weighted by molar-refractivity contribution is 6.23. The molecule has 3 aromatic heterocycles. The summed E-state index contributed by atoms with van der Waals surface area (Å²) in [4.78, 5) is 65.6. The maximum Gasteiger partial charge on any atom is 0.262 e. The quantitative estimate of drug-likeness (QED) is 0.101. The standard InChI is InChI=1S/C45H59N11O7/c1-30(2)55-38-27-40(50-39-10-13-46-45(51-39)54-15-11-32(60-4)12-16-54)47-28-36(38)49-41(55)29-62-25-24-61-23-21-53-19-17-52(18-20-53)14-5-22-63-33-7-8-34-35(26-33)44(59)56(43(34)58)37-9-6-31(3)48-42(37)57/h7-8,10,13,26-28,30,32,37H,3,5-6,9,11-12,14-25,29H2,1-2,4H3,(H,48,57)(H,46,47,50,51). The molecule has 0 radical (unpaired) electrons. The van der Waals surface area contributed by atoms with Gasteiger partial charge in [0.2, 0.25) is 11.9 Å². The zero-order valence-electron chi connectivity index (χ0n) is 36.6. The van der Waals surface area contributed by atoms with Crippen molar-refractivity contribution < 1.29 is 33.3 Å². The molecule has 4 aliphatic rings. The highest BCUT2D eigenvalue weighted by atomic mass is 16.5. The van der Waals surface area contributed by atoms with Crippen LogP contribution in [-0.4, -0.2) is 155 Å². The van der Waals surface area contributed by atoms with Gasteiger partial charge in [0, 0.05) is 83.5 Å². The number of nitrogens with one attached hydrogen (secondary N) is 2. The zero-order valence-corrected chi connectivity index (χ0v) is 36.6. The topological polar surface area (TPSA) is 182 Å². The molecule has 0 bridgehead atoms. The third-order valence-corrected chi connectivity index (χ3v) is 12.2. The first-order valence-electron chi connectivity index (χ1n) is 22.1. The molecule has 3 amide bonds. The predicted molar refractivity (Wildman–Crippen MR) is 236 cm³/mol. The number of methoxy groups -OCH3 is 1. The molecule has 3 saturated heterocycles. The molecule has 2 N–H and O–H groups in total. The lowest BCUT2D eigenvalue weighted by Gasteiger charge is -2.34. The number of nitrogens with zero attached hydrogens (tertiary/aromatic N) is 9. The van der Waals surface area contributed by atoms with E-state index in [-0.39, 0.29) is 17.5 Å². The molecule has 0 spiro atoms. The molecule has 0 saturated carbocycles. The summed E-state index contributed by atoms with van der Waals surface area (Å²) >= 11 is 0. The van der Waals surface area contributed by atoms with E-state index in [2.05, 4.69) is 60.3 Å². The van der Waals surface area contributed by atoms with E-state index in [4.69, 9.17) is 28.9 Å². The summed E-state index contributed by atoms with van der Waals surface area (Å²) in [7, 11) is 1.77. The van der Waals surface area contributed by atoms with Crippen LogP contribution >= 0.6 is 0 Å². The Morgan fingerprint density at radius 1 is 0.841 bits per heavy atom. The van der Waals surface area contributed by atoms with Crippen molar-refractivity contribution in [3.8, 4) is 5.75 Å². The van der Waals surface area contributed by atoms with Gasteiger partial charge < -0.3 is 43.9 Å². The van der Waals surface area contributed by atoms with Crippen molar-refractivity contribution in [1.82, 2.24) is 44.5 Å². The molecule has 0 aliphatic carbocycles. The number of amides is 3. The van der Waals surface area contributed by atoms with Crippen LogP contribution in [-0.2, 0) is 25.6 Å². The van der Waals surface area contributed by atoms with Crippen LogP contribution in [0.25, 0.3) is 11.0 Å². The van der Waals surface area contributed by atoms with Crippen molar-refractivity contribution in [1.29, 1.82) is 0 Å². The molecule has 3 fully saturated rings. The maximum atomic E-state index is 13.2. The summed E-state index contributed by atoms with van der Waals surface area (Å²) in [5.41, 5.74) is 2.95. The van der Waals surface area contributed by atoms with Crippen LogP contribution in [0.2, 0.25) is 0 Å². The average Bonchev–Trinajstić information content (AvgIpc) is 3.78. The molecule has 18 heteroatoms. The number of benzene rings is 1. The fourth-order valence-electron chi connectivity index (χ4n) is 8.70. The summed E-state index contributed by atoms with van der Waals surface area (Å²) in [5, 5.41) is 6.02. The highest BCUT2D eigenvalue weighted by Gasteiger charge is 2.44. The number of anilines is 3. The summed E-state index contributed by atoms with van der Waals surface area (Å²) in [6, 6.07) is 8.14. The van der Waals surface area contributed by atoms with Crippen LogP contribution in [0, 0.1) is 0 Å². The molecule has 4 aromatic rings. The maximum absolute atomic E-state index is 13.2. The molecule has 1 unspecified atom stereocenters. The van der Waals surface area contributed by atoms with Gasteiger partial charge in [0.15, 0.2) is 0 Å². The number of aromatic nitrogens is 5. The molecular formula is C45H59N11O7. The average molecular weight is 866 g/mol. The number of rotatable bonds is 19. The number of carbonyl (C=O) groups excluding carboxylic acids is 3. The van der Waals surface area contributed by atoms with Crippen molar-refractivity contribution in [3.63, 3.8) is 0 Å². The smallest absolute Gasteiger partial charge is 0.262 e. The Morgan fingerprint density at radius 2 is 1.60 bits per heavy atom. The minimum Gasteiger partial charge on any atom is -0.494 e. The Morgan fingerprint density at radius 3 is 2.37 bits per heavy atom. The molecule has 1 atom stereocenters. The lowest BCUT2D eigenvalue weighted by atomic mass is 10.0. The Balaban J connectivity index is 0.706. The summed E-state index contributed by atoms with van der Waals surface area (Å²) < 4.78 is 25.7. The van der Waals surface area contributed by atoms with E-state index in [1.807, 2.05) is 12.1 Å². The van der Waals surface area contributed by atoms with Crippen molar-refractivity contribution in [3.05, 3.63) is 72.0 Å².